The van der Waals surface area contributed by atoms with Crippen LogP contribution in [0.1, 0.15) is 28.3 Å². The first kappa shape index (κ1) is 20.2. The molecule has 0 aliphatic carbocycles. The number of amides is 1. The SMILES string of the molecule is Cl.O=C(NC1CNCCC1c1ccc(F)c(F)c1)c1cccc(F)c1F. The van der Waals surface area contributed by atoms with Crippen molar-refractivity contribution in [2.75, 3.05) is 13.1 Å². The predicted octanol–water partition coefficient (Wildman–Crippen LogP) is 3.54. The van der Waals surface area contributed by atoms with E-state index in [1.54, 1.807) is 0 Å². The molecule has 1 amide bonds. The molecule has 0 aromatic heterocycles. The van der Waals surface area contributed by atoms with Gasteiger partial charge in [0.05, 0.1) is 5.56 Å². The quantitative estimate of drug-likeness (QED) is 0.790. The molecule has 3 nitrogen and oxygen atoms in total. The van der Waals surface area contributed by atoms with Crippen LogP contribution in [-0.4, -0.2) is 25.0 Å². The van der Waals surface area contributed by atoms with E-state index in [0.717, 1.165) is 18.2 Å². The van der Waals surface area contributed by atoms with E-state index in [-0.39, 0.29) is 18.3 Å². The molecule has 2 atom stereocenters. The Bertz CT molecular complexity index is 803. The van der Waals surface area contributed by atoms with Crippen molar-refractivity contribution in [1.29, 1.82) is 0 Å². The van der Waals surface area contributed by atoms with E-state index >= 15 is 0 Å². The largest absolute Gasteiger partial charge is 0.347 e. The van der Waals surface area contributed by atoms with E-state index in [2.05, 4.69) is 10.6 Å². The average molecular weight is 389 g/mol. The summed E-state index contributed by atoms with van der Waals surface area (Å²) >= 11 is 0. The standard InChI is InChI=1S/C18H16F4N2O.ClH/c19-13-5-4-10(8-15(13)21)11-6-7-23-9-16(11)24-18(25)12-2-1-3-14(20)17(12)22;/h1-5,8,11,16,23H,6-7,9H2,(H,24,25);1H. The zero-order valence-corrected chi connectivity index (χ0v) is 14.4. The van der Waals surface area contributed by atoms with Crippen molar-refractivity contribution in [3.05, 3.63) is 70.8 Å². The Labute approximate surface area is 154 Å². The van der Waals surface area contributed by atoms with Crippen molar-refractivity contribution >= 4 is 18.3 Å². The van der Waals surface area contributed by atoms with E-state index in [1.807, 2.05) is 0 Å². The van der Waals surface area contributed by atoms with Gasteiger partial charge < -0.3 is 10.6 Å². The number of carbonyl (C=O) groups is 1. The summed E-state index contributed by atoms with van der Waals surface area (Å²) in [6.45, 7) is 1.02. The minimum atomic E-state index is -1.21. The lowest BCUT2D eigenvalue weighted by Gasteiger charge is -2.33. The number of benzene rings is 2. The van der Waals surface area contributed by atoms with E-state index in [9.17, 15) is 22.4 Å². The van der Waals surface area contributed by atoms with Crippen molar-refractivity contribution < 1.29 is 22.4 Å². The van der Waals surface area contributed by atoms with Crippen molar-refractivity contribution in [2.45, 2.75) is 18.4 Å². The van der Waals surface area contributed by atoms with Crippen LogP contribution in [0.25, 0.3) is 0 Å². The molecule has 1 aliphatic heterocycles. The summed E-state index contributed by atoms with van der Waals surface area (Å²) in [5.41, 5.74) is 0.153. The Morgan fingerprint density at radius 3 is 2.54 bits per heavy atom. The lowest BCUT2D eigenvalue weighted by molar-refractivity contribution is 0.0919. The molecular weight excluding hydrogens is 372 g/mol. The van der Waals surface area contributed by atoms with Crippen molar-refractivity contribution in [1.82, 2.24) is 10.6 Å². The fourth-order valence-corrected chi connectivity index (χ4v) is 3.08. The van der Waals surface area contributed by atoms with Gasteiger partial charge in [0.1, 0.15) is 0 Å². The smallest absolute Gasteiger partial charge is 0.254 e. The van der Waals surface area contributed by atoms with Crippen LogP contribution in [0.15, 0.2) is 36.4 Å². The van der Waals surface area contributed by atoms with Crippen LogP contribution in [0.5, 0.6) is 0 Å². The zero-order valence-electron chi connectivity index (χ0n) is 13.6. The van der Waals surface area contributed by atoms with Crippen molar-refractivity contribution in [3.8, 4) is 0 Å². The molecule has 26 heavy (non-hydrogen) atoms. The minimum absolute atomic E-state index is 0. The average Bonchev–Trinajstić information content (AvgIpc) is 2.60. The molecule has 2 unspecified atom stereocenters. The molecule has 2 aromatic rings. The monoisotopic (exact) mass is 388 g/mol. The summed E-state index contributed by atoms with van der Waals surface area (Å²) in [5, 5.41) is 5.75. The van der Waals surface area contributed by atoms with Gasteiger partial charge in [-0.3, -0.25) is 4.79 Å². The van der Waals surface area contributed by atoms with Gasteiger partial charge in [-0.25, -0.2) is 17.6 Å². The van der Waals surface area contributed by atoms with Crippen LogP contribution in [0.3, 0.4) is 0 Å². The highest BCUT2D eigenvalue weighted by Crippen LogP contribution is 2.27. The summed E-state index contributed by atoms with van der Waals surface area (Å²) in [6, 6.07) is 6.52. The second kappa shape index (κ2) is 8.51. The van der Waals surface area contributed by atoms with Crippen LogP contribution >= 0.6 is 12.4 Å². The van der Waals surface area contributed by atoms with Crippen molar-refractivity contribution in [2.24, 2.45) is 0 Å². The molecule has 0 bridgehead atoms. The third kappa shape index (κ3) is 4.16. The molecule has 2 aromatic carbocycles. The van der Waals surface area contributed by atoms with Gasteiger partial charge in [-0.15, -0.1) is 12.4 Å². The molecule has 1 aliphatic rings. The van der Waals surface area contributed by atoms with Gasteiger partial charge in [0, 0.05) is 18.5 Å². The lowest BCUT2D eigenvalue weighted by atomic mass is 9.85. The maximum absolute atomic E-state index is 13.8. The Hall–Kier alpha value is -2.12. The molecule has 2 N–H and O–H groups in total. The highest BCUT2D eigenvalue weighted by atomic mass is 35.5. The van der Waals surface area contributed by atoms with Crippen LogP contribution in [0, 0.1) is 23.3 Å². The first-order chi connectivity index (χ1) is 12.0. The van der Waals surface area contributed by atoms with Gasteiger partial charge in [0.25, 0.3) is 5.91 Å². The Morgan fingerprint density at radius 1 is 1.04 bits per heavy atom. The van der Waals surface area contributed by atoms with Gasteiger partial charge in [-0.1, -0.05) is 12.1 Å². The van der Waals surface area contributed by atoms with E-state index in [1.165, 1.54) is 18.2 Å². The van der Waals surface area contributed by atoms with Crippen LogP contribution in [0.4, 0.5) is 17.6 Å². The van der Waals surface area contributed by atoms with Crippen LogP contribution in [0.2, 0.25) is 0 Å². The number of rotatable bonds is 3. The number of piperidine rings is 1. The van der Waals surface area contributed by atoms with Crippen LogP contribution in [-0.2, 0) is 0 Å². The van der Waals surface area contributed by atoms with Gasteiger partial charge in [-0.2, -0.15) is 0 Å². The summed E-state index contributed by atoms with van der Waals surface area (Å²) in [5.74, 6) is -5.24. The molecule has 140 valence electrons. The highest BCUT2D eigenvalue weighted by molar-refractivity contribution is 5.94. The van der Waals surface area contributed by atoms with E-state index < -0.39 is 40.8 Å². The van der Waals surface area contributed by atoms with Gasteiger partial charge in [-0.05, 0) is 42.8 Å². The summed E-state index contributed by atoms with van der Waals surface area (Å²) in [4.78, 5) is 12.3. The number of nitrogens with one attached hydrogen (secondary N) is 2. The maximum atomic E-state index is 13.8. The molecule has 0 radical (unpaired) electrons. The first-order valence-electron chi connectivity index (χ1n) is 7.88. The van der Waals surface area contributed by atoms with Gasteiger partial charge >= 0.3 is 0 Å². The number of halogens is 5. The summed E-state index contributed by atoms with van der Waals surface area (Å²) in [7, 11) is 0. The molecular formula is C18H17ClF4N2O. The van der Waals surface area contributed by atoms with Crippen molar-refractivity contribution in [3.63, 3.8) is 0 Å². The fraction of sp³-hybridized carbons (Fsp3) is 0.278. The third-order valence-corrected chi connectivity index (χ3v) is 4.37. The number of carbonyl (C=O) groups excluding carboxylic acids is 1. The number of hydrogen-bond donors (Lipinski definition) is 2. The Balaban J connectivity index is 0.00000243. The molecule has 0 spiro atoms. The maximum Gasteiger partial charge on any atom is 0.254 e. The Morgan fingerprint density at radius 2 is 1.81 bits per heavy atom. The summed E-state index contributed by atoms with van der Waals surface area (Å²) < 4.78 is 53.7. The molecule has 0 saturated carbocycles. The molecule has 1 saturated heterocycles. The number of hydrogen-bond acceptors (Lipinski definition) is 2. The second-order valence-electron chi connectivity index (χ2n) is 5.95. The molecule has 8 heteroatoms. The minimum Gasteiger partial charge on any atom is -0.347 e. The molecule has 1 heterocycles. The lowest BCUT2D eigenvalue weighted by Crippen LogP contribution is -2.50. The van der Waals surface area contributed by atoms with Gasteiger partial charge in [0.2, 0.25) is 0 Å². The first-order valence-corrected chi connectivity index (χ1v) is 7.88. The third-order valence-electron chi connectivity index (χ3n) is 4.37. The highest BCUT2D eigenvalue weighted by Gasteiger charge is 2.29. The van der Waals surface area contributed by atoms with E-state index in [0.29, 0.717) is 25.1 Å². The Kier molecular flexibility index (Phi) is 6.61. The van der Waals surface area contributed by atoms with E-state index in [4.69, 9.17) is 0 Å². The normalized spacial score (nSPS) is 19.5. The van der Waals surface area contributed by atoms with Gasteiger partial charge in [0.15, 0.2) is 23.3 Å². The zero-order chi connectivity index (χ0) is 18.0. The predicted molar refractivity (Wildman–Crippen MR) is 91.4 cm³/mol. The summed E-state index contributed by atoms with van der Waals surface area (Å²) in [6.07, 6.45) is 0.585. The fourth-order valence-electron chi connectivity index (χ4n) is 3.08. The second-order valence-corrected chi connectivity index (χ2v) is 5.95. The topological polar surface area (TPSA) is 41.1 Å². The van der Waals surface area contributed by atoms with Crippen LogP contribution < -0.4 is 10.6 Å². The molecule has 3 rings (SSSR count). The molecule has 1 fully saturated rings.